The van der Waals surface area contributed by atoms with Crippen LogP contribution in [0.1, 0.15) is 5.89 Å². The van der Waals surface area contributed by atoms with Crippen LogP contribution in [-0.4, -0.2) is 19.9 Å². The van der Waals surface area contributed by atoms with E-state index in [0.29, 0.717) is 38.4 Å². The number of aromatic nitrogens is 4. The van der Waals surface area contributed by atoms with Crippen LogP contribution in [0.3, 0.4) is 0 Å². The van der Waals surface area contributed by atoms with E-state index >= 15 is 0 Å². The molecule has 0 atom stereocenters. The molecule has 136 valence electrons. The number of nitrogens with two attached hydrogens (primary N) is 1. The molecule has 27 heavy (non-hydrogen) atoms. The molecule has 0 bridgehead atoms. The van der Waals surface area contributed by atoms with Gasteiger partial charge in [0.1, 0.15) is 0 Å². The first-order valence-corrected chi connectivity index (χ1v) is 9.64. The van der Waals surface area contributed by atoms with Crippen molar-refractivity contribution < 1.29 is 4.42 Å². The Kier molecular flexibility index (Phi) is 5.07. The fourth-order valence-electron chi connectivity index (χ4n) is 2.45. The van der Waals surface area contributed by atoms with Crippen LogP contribution in [0.2, 0.25) is 10.0 Å². The number of thioether (sulfide) groups is 1. The third-order valence-corrected chi connectivity index (χ3v) is 5.17. The van der Waals surface area contributed by atoms with Gasteiger partial charge in [-0.2, -0.15) is 0 Å². The van der Waals surface area contributed by atoms with Crippen LogP contribution in [0.15, 0.2) is 64.3 Å². The molecule has 0 saturated carbocycles. The van der Waals surface area contributed by atoms with E-state index in [9.17, 15) is 0 Å². The van der Waals surface area contributed by atoms with Crippen molar-refractivity contribution in [2.24, 2.45) is 0 Å². The Hall–Kier alpha value is -2.48. The fourth-order valence-corrected chi connectivity index (χ4v) is 3.48. The molecule has 2 aromatic heterocycles. The molecule has 0 aliphatic rings. The summed E-state index contributed by atoms with van der Waals surface area (Å²) in [5, 5.41) is 10.1. The van der Waals surface area contributed by atoms with Crippen molar-refractivity contribution in [1.82, 2.24) is 19.9 Å². The molecule has 2 N–H and O–H groups in total. The van der Waals surface area contributed by atoms with E-state index in [0.717, 1.165) is 11.1 Å². The zero-order chi connectivity index (χ0) is 18.8. The molecule has 0 unspecified atom stereocenters. The Morgan fingerprint density at radius 1 is 1.00 bits per heavy atom. The van der Waals surface area contributed by atoms with E-state index in [2.05, 4.69) is 15.2 Å². The fraction of sp³-hybridized carbons (Fsp3) is 0.0556. The molecule has 4 aromatic rings. The minimum Gasteiger partial charge on any atom is -0.440 e. The van der Waals surface area contributed by atoms with Crippen molar-refractivity contribution >= 4 is 35.0 Å². The summed E-state index contributed by atoms with van der Waals surface area (Å²) in [7, 11) is 0. The van der Waals surface area contributed by atoms with Crippen molar-refractivity contribution in [3.8, 4) is 22.7 Å². The van der Waals surface area contributed by atoms with E-state index in [1.165, 1.54) is 16.4 Å². The third-order valence-electron chi connectivity index (χ3n) is 3.75. The summed E-state index contributed by atoms with van der Waals surface area (Å²) in [6, 6.07) is 14.7. The van der Waals surface area contributed by atoms with Gasteiger partial charge >= 0.3 is 0 Å². The molecular weight excluding hydrogens is 405 g/mol. The molecule has 0 amide bonds. The van der Waals surface area contributed by atoms with E-state index in [-0.39, 0.29) is 0 Å². The normalized spacial score (nSPS) is 11.0. The molecule has 2 aromatic carbocycles. The average Bonchev–Trinajstić information content (AvgIpc) is 3.28. The number of hydrogen-bond acceptors (Lipinski definition) is 6. The number of benzene rings is 2. The highest BCUT2D eigenvalue weighted by Crippen LogP contribution is 2.28. The number of nitrogens with zero attached hydrogens (tertiary/aromatic N) is 4. The molecule has 0 aliphatic heterocycles. The first kappa shape index (κ1) is 17.9. The standard InChI is InChI=1S/C18H13Cl2N5OS/c19-13-6-4-11(5-7-13)17-23-24-18(25(17)21)27-10-16-22-9-15(26-16)12-2-1-3-14(20)8-12/h1-9H,10,21H2. The monoisotopic (exact) mass is 417 g/mol. The minimum absolute atomic E-state index is 0.469. The molecule has 0 aliphatic carbocycles. The van der Waals surface area contributed by atoms with Crippen LogP contribution in [0.4, 0.5) is 0 Å². The predicted octanol–water partition coefficient (Wildman–Crippen LogP) is 4.91. The largest absolute Gasteiger partial charge is 0.440 e. The van der Waals surface area contributed by atoms with Crippen molar-refractivity contribution in [2.75, 3.05) is 5.84 Å². The van der Waals surface area contributed by atoms with Gasteiger partial charge in [-0.25, -0.2) is 9.66 Å². The lowest BCUT2D eigenvalue weighted by atomic mass is 10.2. The Balaban J connectivity index is 1.47. The van der Waals surface area contributed by atoms with Gasteiger partial charge in [0.15, 0.2) is 11.6 Å². The second kappa shape index (κ2) is 7.64. The molecular formula is C18H13Cl2N5OS. The summed E-state index contributed by atoms with van der Waals surface area (Å²) in [6.45, 7) is 0. The summed E-state index contributed by atoms with van der Waals surface area (Å²) >= 11 is 13.3. The third kappa shape index (κ3) is 3.95. The van der Waals surface area contributed by atoms with Gasteiger partial charge in [-0.1, -0.05) is 47.1 Å². The Labute approximate surface area is 169 Å². The van der Waals surface area contributed by atoms with Crippen LogP contribution in [-0.2, 0) is 5.75 Å². The van der Waals surface area contributed by atoms with Gasteiger partial charge in [0.25, 0.3) is 0 Å². The van der Waals surface area contributed by atoms with Gasteiger partial charge in [0.2, 0.25) is 11.0 Å². The van der Waals surface area contributed by atoms with Crippen molar-refractivity contribution in [1.29, 1.82) is 0 Å². The Morgan fingerprint density at radius 2 is 1.81 bits per heavy atom. The van der Waals surface area contributed by atoms with Crippen LogP contribution in [0.5, 0.6) is 0 Å². The van der Waals surface area contributed by atoms with Gasteiger partial charge in [-0.15, -0.1) is 10.2 Å². The summed E-state index contributed by atoms with van der Waals surface area (Å²) in [5.74, 6) is 8.37. The average molecular weight is 418 g/mol. The summed E-state index contributed by atoms with van der Waals surface area (Å²) in [5.41, 5.74) is 1.71. The van der Waals surface area contributed by atoms with Gasteiger partial charge in [0.05, 0.1) is 11.9 Å². The number of rotatable bonds is 5. The molecule has 9 heteroatoms. The van der Waals surface area contributed by atoms with Crippen LogP contribution < -0.4 is 5.84 Å². The van der Waals surface area contributed by atoms with Crippen LogP contribution in [0, 0.1) is 0 Å². The molecule has 0 saturated heterocycles. The maximum atomic E-state index is 6.12. The van der Waals surface area contributed by atoms with E-state index in [1.54, 1.807) is 18.3 Å². The van der Waals surface area contributed by atoms with Crippen LogP contribution >= 0.6 is 35.0 Å². The van der Waals surface area contributed by atoms with Gasteiger partial charge in [-0.3, -0.25) is 0 Å². The number of oxazole rings is 1. The zero-order valence-corrected chi connectivity index (χ0v) is 16.2. The highest BCUT2D eigenvalue weighted by Gasteiger charge is 2.14. The second-order valence-electron chi connectivity index (χ2n) is 5.60. The van der Waals surface area contributed by atoms with E-state index in [4.69, 9.17) is 33.5 Å². The smallest absolute Gasteiger partial charge is 0.210 e. The quantitative estimate of drug-likeness (QED) is 0.366. The van der Waals surface area contributed by atoms with Gasteiger partial charge in [-0.05, 0) is 36.4 Å². The Morgan fingerprint density at radius 3 is 2.59 bits per heavy atom. The number of halogens is 2. The summed E-state index contributed by atoms with van der Waals surface area (Å²) in [4.78, 5) is 4.30. The lowest BCUT2D eigenvalue weighted by molar-refractivity contribution is 0.529. The first-order chi connectivity index (χ1) is 13.1. The lowest BCUT2D eigenvalue weighted by Crippen LogP contribution is -2.11. The van der Waals surface area contributed by atoms with Crippen LogP contribution in [0.25, 0.3) is 22.7 Å². The minimum atomic E-state index is 0.469. The number of nitrogen functional groups attached to an aromatic ring is 1. The van der Waals surface area contributed by atoms with Crippen molar-refractivity contribution in [3.63, 3.8) is 0 Å². The molecule has 0 spiro atoms. The first-order valence-electron chi connectivity index (χ1n) is 7.90. The topological polar surface area (TPSA) is 82.8 Å². The van der Waals surface area contributed by atoms with Gasteiger partial charge < -0.3 is 10.3 Å². The van der Waals surface area contributed by atoms with E-state index < -0.39 is 0 Å². The van der Waals surface area contributed by atoms with Crippen molar-refractivity contribution in [3.05, 3.63) is 70.7 Å². The van der Waals surface area contributed by atoms with Crippen molar-refractivity contribution in [2.45, 2.75) is 10.9 Å². The Bertz CT molecular complexity index is 1080. The van der Waals surface area contributed by atoms with E-state index in [1.807, 2.05) is 36.4 Å². The van der Waals surface area contributed by atoms with Gasteiger partial charge in [0, 0.05) is 21.2 Å². The molecule has 0 fully saturated rings. The molecule has 0 radical (unpaired) electrons. The summed E-state index contributed by atoms with van der Waals surface area (Å²) < 4.78 is 7.23. The number of hydrogen-bond donors (Lipinski definition) is 1. The zero-order valence-electron chi connectivity index (χ0n) is 13.8. The molecule has 4 rings (SSSR count). The SMILES string of the molecule is Nn1c(SCc2ncc(-c3cccc(Cl)c3)o2)nnc1-c1ccc(Cl)cc1. The molecule has 2 heterocycles. The lowest BCUT2D eigenvalue weighted by Gasteiger charge is -2.03. The highest BCUT2D eigenvalue weighted by atomic mass is 35.5. The maximum absolute atomic E-state index is 6.12. The summed E-state index contributed by atoms with van der Waals surface area (Å²) in [6.07, 6.45) is 1.67. The predicted molar refractivity (Wildman–Crippen MR) is 107 cm³/mol. The highest BCUT2D eigenvalue weighted by molar-refractivity contribution is 7.98. The molecule has 6 nitrogen and oxygen atoms in total. The maximum Gasteiger partial charge on any atom is 0.210 e. The second-order valence-corrected chi connectivity index (χ2v) is 7.42.